The number of ether oxygens (including phenoxy) is 3. The monoisotopic (exact) mass is 869 g/mol. The lowest BCUT2D eigenvalue weighted by Crippen LogP contribution is -2.66. The molecule has 17 heteroatoms. The third kappa shape index (κ3) is 8.16. The average molecular weight is 870 g/mol. The molecule has 4 fully saturated rings. The number of halogens is 1. The molecule has 1 aromatic carbocycles. The van der Waals surface area contributed by atoms with Crippen LogP contribution in [0.25, 0.3) is 21.6 Å². The third-order valence-corrected chi connectivity index (χ3v) is 14.7. The molecule has 2 aromatic heterocycles. The van der Waals surface area contributed by atoms with Crippen LogP contribution < -0.4 is 14.2 Å². The summed E-state index contributed by atoms with van der Waals surface area (Å²) in [5.74, 6) is -1.45. The maximum absolute atomic E-state index is 14.8. The Morgan fingerprint density at radius 1 is 1.14 bits per heavy atom. The van der Waals surface area contributed by atoms with Gasteiger partial charge in [0.15, 0.2) is 5.78 Å². The van der Waals surface area contributed by atoms with Crippen LogP contribution in [0.3, 0.4) is 0 Å². The van der Waals surface area contributed by atoms with Gasteiger partial charge in [-0.3, -0.25) is 24.0 Å². The second-order valence-electron chi connectivity index (χ2n) is 17.8. The Morgan fingerprint density at radius 2 is 1.85 bits per heavy atom. The zero-order valence-electron chi connectivity index (χ0n) is 34.6. The largest absolute Gasteiger partial charge is 0.495 e. The van der Waals surface area contributed by atoms with Crippen molar-refractivity contribution in [3.05, 3.63) is 47.0 Å². The topological polar surface area (TPSA) is 174 Å². The number of nitrogens with one attached hydrogen (secondary N) is 1. The van der Waals surface area contributed by atoms with Gasteiger partial charge in [0.1, 0.15) is 45.0 Å². The number of piperazine rings is 1. The van der Waals surface area contributed by atoms with E-state index in [9.17, 15) is 27.6 Å². The molecule has 3 amide bonds. The van der Waals surface area contributed by atoms with Crippen molar-refractivity contribution in [1.82, 2.24) is 24.5 Å². The predicted molar refractivity (Wildman–Crippen MR) is 224 cm³/mol. The van der Waals surface area contributed by atoms with Gasteiger partial charge in [-0.25, -0.2) is 23.2 Å². The highest BCUT2D eigenvalue weighted by Gasteiger charge is 2.63. The number of pyridine rings is 1. The molecule has 0 spiro atoms. The van der Waals surface area contributed by atoms with Gasteiger partial charge in [0, 0.05) is 36.2 Å². The number of hydrogen-bond acceptors (Lipinski definition) is 12. The summed E-state index contributed by atoms with van der Waals surface area (Å²) >= 11 is 8.30. The van der Waals surface area contributed by atoms with E-state index < -0.39 is 80.1 Å². The van der Waals surface area contributed by atoms with Crippen molar-refractivity contribution in [2.24, 2.45) is 17.3 Å². The number of aromatic nitrogens is 2. The zero-order valence-corrected chi connectivity index (χ0v) is 37.0. The fourth-order valence-electron chi connectivity index (χ4n) is 8.31. The molecule has 14 nitrogen and oxygen atoms in total. The molecular weight excluding hydrogens is 818 g/mol. The molecule has 0 bridgehead atoms. The number of thiazole rings is 1. The number of fused-ring (bicyclic) bond motifs is 2. The molecule has 1 N–H and O–H groups in total. The number of benzene rings is 1. The number of hydrogen-bond donors (Lipinski definition) is 1. The van der Waals surface area contributed by atoms with Crippen molar-refractivity contribution in [2.45, 2.75) is 122 Å². The van der Waals surface area contributed by atoms with E-state index in [2.05, 4.69) is 11.3 Å². The summed E-state index contributed by atoms with van der Waals surface area (Å²) in [6.45, 7) is 16.8. The second kappa shape index (κ2) is 15.6. The Balaban J connectivity index is 1.29. The smallest absolute Gasteiger partial charge is 0.411 e. The lowest BCUT2D eigenvalue weighted by atomic mass is 9.91. The highest BCUT2D eigenvalue weighted by molar-refractivity contribution is 7.90. The number of carbonyl (C=O) groups is 4. The first-order valence-corrected chi connectivity index (χ1v) is 22.8. The molecule has 0 unspecified atom stereocenters. The minimum Gasteiger partial charge on any atom is -0.495 e. The van der Waals surface area contributed by atoms with Gasteiger partial charge >= 0.3 is 6.09 Å². The van der Waals surface area contributed by atoms with E-state index in [-0.39, 0.29) is 42.7 Å². The number of amides is 3. The third-order valence-electron chi connectivity index (χ3n) is 11.7. The van der Waals surface area contributed by atoms with Crippen LogP contribution in [0.4, 0.5) is 4.79 Å². The minimum absolute atomic E-state index is 0.00677. The van der Waals surface area contributed by atoms with Crippen molar-refractivity contribution in [1.29, 1.82) is 0 Å². The number of allylic oxidation sites excluding steroid dienone is 1. The van der Waals surface area contributed by atoms with Crippen LogP contribution >= 0.6 is 22.9 Å². The van der Waals surface area contributed by atoms with Gasteiger partial charge in [-0.15, -0.1) is 17.9 Å². The van der Waals surface area contributed by atoms with Crippen molar-refractivity contribution in [3.8, 4) is 22.2 Å². The lowest BCUT2D eigenvalue weighted by molar-refractivity contribution is -0.152. The number of nitrogens with zero attached hydrogens (tertiary/aromatic N) is 4. The van der Waals surface area contributed by atoms with Gasteiger partial charge in [-0.05, 0) is 69.9 Å². The summed E-state index contributed by atoms with van der Waals surface area (Å²) in [6.07, 6.45) is 0.941. The van der Waals surface area contributed by atoms with Crippen molar-refractivity contribution in [3.63, 3.8) is 0 Å². The number of Topliss-reactive ketones (excluding diaryl/α,β-unsaturated/α-hetero) is 1. The van der Waals surface area contributed by atoms with Gasteiger partial charge in [0.2, 0.25) is 21.8 Å². The first-order chi connectivity index (χ1) is 27.7. The van der Waals surface area contributed by atoms with Crippen molar-refractivity contribution >= 4 is 67.6 Å². The van der Waals surface area contributed by atoms with Crippen LogP contribution in [0.15, 0.2) is 36.2 Å². The maximum Gasteiger partial charge on any atom is 0.411 e. The van der Waals surface area contributed by atoms with Crippen molar-refractivity contribution in [2.75, 3.05) is 13.7 Å². The predicted octanol–water partition coefficient (Wildman–Crippen LogP) is 6.90. The fourth-order valence-corrected chi connectivity index (χ4v) is 10.9. The van der Waals surface area contributed by atoms with Crippen LogP contribution in [-0.2, 0) is 29.1 Å². The molecule has 4 heterocycles. The quantitative estimate of drug-likeness (QED) is 0.177. The summed E-state index contributed by atoms with van der Waals surface area (Å²) in [7, 11) is -2.38. The van der Waals surface area contributed by atoms with E-state index in [1.807, 2.05) is 33.1 Å². The molecule has 3 aromatic rings. The van der Waals surface area contributed by atoms with Crippen molar-refractivity contribution < 1.29 is 41.8 Å². The highest BCUT2D eigenvalue weighted by Crippen LogP contribution is 2.57. The molecule has 318 valence electrons. The van der Waals surface area contributed by atoms with Gasteiger partial charge in [0.05, 0.1) is 41.1 Å². The number of rotatable bonds is 13. The van der Waals surface area contributed by atoms with Gasteiger partial charge in [-0.2, -0.15) is 0 Å². The number of sulfonamides is 1. The lowest BCUT2D eigenvalue weighted by Gasteiger charge is -2.46. The van der Waals surface area contributed by atoms with Crippen LogP contribution in [0, 0.1) is 17.3 Å². The molecule has 0 radical (unpaired) electrons. The summed E-state index contributed by atoms with van der Waals surface area (Å²) in [5, 5.41) is 2.79. The Bertz CT molecular complexity index is 2320. The van der Waals surface area contributed by atoms with Crippen LogP contribution in [0.1, 0.15) is 92.2 Å². The highest BCUT2D eigenvalue weighted by atomic mass is 35.5. The molecule has 7 rings (SSSR count). The Kier molecular flexibility index (Phi) is 11.4. The second-order valence-corrected chi connectivity index (χ2v) is 21.0. The molecule has 59 heavy (non-hydrogen) atoms. The van der Waals surface area contributed by atoms with Crippen LogP contribution in [0.2, 0.25) is 5.02 Å². The van der Waals surface area contributed by atoms with Gasteiger partial charge < -0.3 is 19.1 Å². The molecule has 2 aliphatic heterocycles. The summed E-state index contributed by atoms with van der Waals surface area (Å²) in [6, 6.07) is 2.41. The average Bonchev–Trinajstić information content (AvgIpc) is 4.05. The summed E-state index contributed by atoms with van der Waals surface area (Å²) in [5.41, 5.74) is -0.393. The Morgan fingerprint density at radius 3 is 2.42 bits per heavy atom. The molecule has 2 aliphatic carbocycles. The summed E-state index contributed by atoms with van der Waals surface area (Å²) in [4.78, 5) is 69.8. The summed E-state index contributed by atoms with van der Waals surface area (Å²) < 4.78 is 46.2. The normalized spacial score (nSPS) is 25.6. The molecule has 6 atom stereocenters. The molecule has 2 saturated carbocycles. The van der Waals surface area contributed by atoms with E-state index in [1.54, 1.807) is 45.0 Å². The molecular formula is C42H52ClN5O9S2. The SMILES string of the molecule is C=C[C@@H]1C[C@]1(CC(=O)[C@@H]1C[C@@H](Oc2cc(-c3nc(C(C)C)cs3)nc3c(Cl)c(OC)ccc23)[C@H]2CN(C(=O)OC(C)(C)C)[C@H](C(C)C)C(=O)N21)C(=O)NS(=O)(=O)C1CC1. The zero-order chi connectivity index (χ0) is 42.9. The van der Waals surface area contributed by atoms with E-state index in [1.165, 1.54) is 28.2 Å². The van der Waals surface area contributed by atoms with E-state index in [0.717, 1.165) is 5.69 Å². The van der Waals surface area contributed by atoms with Gasteiger partial charge in [0.25, 0.3) is 0 Å². The van der Waals surface area contributed by atoms with Crippen LogP contribution in [0.5, 0.6) is 11.5 Å². The Labute approximate surface area is 354 Å². The molecule has 4 aliphatic rings. The number of methoxy groups -OCH3 is 1. The minimum atomic E-state index is -3.89. The molecule has 2 saturated heterocycles. The number of ketones is 1. The van der Waals surface area contributed by atoms with E-state index >= 15 is 0 Å². The Hall–Kier alpha value is -4.28. The number of carbonyl (C=O) groups excluding carboxylic acids is 4. The first-order valence-electron chi connectivity index (χ1n) is 20.0. The first kappa shape index (κ1) is 42.8. The standard InChI is InChI=1S/C42H52ClN5O9S2/c1-10-23-17-42(23,39(51)46-59(53,54)24-11-12-24)18-30(49)28-16-33(29-19-47(40(52)57-41(6,7)8)36(22(4)5)38(50)48(28)29)56-32-15-26(37-45-27(20-58-37)21(2)3)44-35-25(32)13-14-31(55-9)34(35)43/h10,13-15,20-24,28-29,33,36H,1,11-12,16-19H2,2-9H3,(H,46,51)/t23-,28+,29-,33-,36-,42-/m1/s1. The van der Waals surface area contributed by atoms with Crippen LogP contribution in [-0.4, -0.2) is 101 Å². The maximum atomic E-state index is 14.8. The van der Waals surface area contributed by atoms with Gasteiger partial charge in [-0.1, -0.05) is 45.4 Å². The fraction of sp³-hybridized carbons (Fsp3) is 0.571. The van der Waals surface area contributed by atoms with E-state index in [0.29, 0.717) is 45.9 Å². The van der Waals surface area contributed by atoms with E-state index in [4.69, 9.17) is 35.8 Å².